The Balaban J connectivity index is 1.73. The van der Waals surface area contributed by atoms with Crippen LogP contribution in [0, 0.1) is 0 Å². The summed E-state index contributed by atoms with van der Waals surface area (Å²) in [5.74, 6) is 0. The predicted octanol–water partition coefficient (Wildman–Crippen LogP) is 1.79. The van der Waals surface area contributed by atoms with Crippen LogP contribution in [0.2, 0.25) is 18.1 Å². The van der Waals surface area contributed by atoms with E-state index in [9.17, 15) is 9.90 Å². The number of aliphatic hydroxyl groups excluding tert-OH is 1. The summed E-state index contributed by atoms with van der Waals surface area (Å²) >= 11 is 0. The molecule has 0 unspecified atom stereocenters. The average molecular weight is 366 g/mol. The van der Waals surface area contributed by atoms with Crippen LogP contribution in [0.25, 0.3) is 11.2 Å². The number of imidazole rings is 1. The first-order chi connectivity index (χ1) is 11.6. The number of H-pyrrole nitrogens is 1. The molecule has 0 bridgehead atoms. The number of aliphatic hydroxyl groups is 1. The summed E-state index contributed by atoms with van der Waals surface area (Å²) in [7, 11) is -1.87. The van der Waals surface area contributed by atoms with Crippen LogP contribution in [0.3, 0.4) is 0 Å². The van der Waals surface area contributed by atoms with Crippen LogP contribution in [-0.2, 0) is 9.16 Å². The number of nitrogens with zero attached hydrogens (tertiary/aromatic N) is 3. The van der Waals surface area contributed by atoms with E-state index in [0.717, 1.165) is 0 Å². The lowest BCUT2D eigenvalue weighted by Gasteiger charge is -2.36. The van der Waals surface area contributed by atoms with Crippen molar-refractivity contribution in [2.75, 3.05) is 6.61 Å². The Morgan fingerprint density at radius 1 is 1.44 bits per heavy atom. The number of aromatic amines is 1. The van der Waals surface area contributed by atoms with Crippen molar-refractivity contribution < 1.29 is 14.3 Å². The van der Waals surface area contributed by atoms with Crippen LogP contribution in [0.1, 0.15) is 33.4 Å². The molecule has 0 spiro atoms. The number of rotatable bonds is 4. The second-order valence-electron chi connectivity index (χ2n) is 8.08. The van der Waals surface area contributed by atoms with Gasteiger partial charge in [0.15, 0.2) is 25.7 Å². The average Bonchev–Trinajstić information content (AvgIpc) is 3.08. The summed E-state index contributed by atoms with van der Waals surface area (Å²) in [5.41, 5.74) is 0.326. The molecule has 0 saturated carbocycles. The molecule has 2 aromatic rings. The molecule has 1 aliphatic rings. The summed E-state index contributed by atoms with van der Waals surface area (Å²) < 4.78 is 13.8. The Morgan fingerprint density at radius 3 is 2.84 bits per heavy atom. The first-order valence-corrected chi connectivity index (χ1v) is 11.4. The van der Waals surface area contributed by atoms with E-state index in [-0.39, 0.29) is 22.2 Å². The van der Waals surface area contributed by atoms with Gasteiger partial charge in [0.05, 0.1) is 25.4 Å². The van der Waals surface area contributed by atoms with Crippen LogP contribution in [0.4, 0.5) is 0 Å². The Bertz CT molecular complexity index is 810. The van der Waals surface area contributed by atoms with Gasteiger partial charge in [-0.05, 0) is 18.1 Å². The fraction of sp³-hybridized carbons (Fsp3) is 0.688. The van der Waals surface area contributed by atoms with E-state index < -0.39 is 20.6 Å². The summed E-state index contributed by atoms with van der Waals surface area (Å²) in [6.45, 7) is 11.4. The number of hydrogen-bond acceptors (Lipinski definition) is 6. The van der Waals surface area contributed by atoms with E-state index in [1.54, 1.807) is 4.57 Å². The van der Waals surface area contributed by atoms with Gasteiger partial charge in [-0.3, -0.25) is 9.36 Å². The summed E-state index contributed by atoms with van der Waals surface area (Å²) in [6.07, 6.45) is 1.76. The van der Waals surface area contributed by atoms with Crippen LogP contribution in [-0.4, -0.2) is 51.8 Å². The van der Waals surface area contributed by atoms with Crippen molar-refractivity contribution in [1.29, 1.82) is 0 Å². The van der Waals surface area contributed by atoms with Crippen molar-refractivity contribution in [3.63, 3.8) is 0 Å². The lowest BCUT2D eigenvalue weighted by atomic mass is 10.2. The van der Waals surface area contributed by atoms with Crippen molar-refractivity contribution in [2.24, 2.45) is 0 Å². The standard InChI is InChI=1S/C16H26N4O4Si/c1-16(2,3)25(4,5)23-7-10-6-11(21)15(24-10)20-9-19-12-13(20)17-8-18-14(12)22/h8-11,15,21H,6-7H2,1-5H3,(H,17,18,22)/t10-,11+,15+/m0/s1. The van der Waals surface area contributed by atoms with Crippen LogP contribution < -0.4 is 5.56 Å². The van der Waals surface area contributed by atoms with Crippen molar-refractivity contribution in [3.05, 3.63) is 23.0 Å². The molecule has 138 valence electrons. The molecule has 2 aromatic heterocycles. The first kappa shape index (κ1) is 18.2. The van der Waals surface area contributed by atoms with Gasteiger partial charge < -0.3 is 19.3 Å². The summed E-state index contributed by atoms with van der Waals surface area (Å²) in [4.78, 5) is 22.5. The molecule has 0 aromatic carbocycles. The molecule has 0 aliphatic carbocycles. The Kier molecular flexibility index (Phi) is 4.61. The zero-order valence-corrected chi connectivity index (χ0v) is 16.3. The highest BCUT2D eigenvalue weighted by Crippen LogP contribution is 2.38. The van der Waals surface area contributed by atoms with Crippen molar-refractivity contribution in [3.8, 4) is 0 Å². The minimum atomic E-state index is -1.87. The van der Waals surface area contributed by atoms with E-state index >= 15 is 0 Å². The fourth-order valence-electron chi connectivity index (χ4n) is 2.65. The topological polar surface area (TPSA) is 102 Å². The van der Waals surface area contributed by atoms with E-state index in [1.165, 1.54) is 12.7 Å². The maximum atomic E-state index is 11.8. The van der Waals surface area contributed by atoms with E-state index in [2.05, 4.69) is 48.8 Å². The van der Waals surface area contributed by atoms with E-state index in [4.69, 9.17) is 9.16 Å². The highest BCUT2D eigenvalue weighted by Gasteiger charge is 2.41. The minimum Gasteiger partial charge on any atom is -0.414 e. The maximum absolute atomic E-state index is 11.8. The smallest absolute Gasteiger partial charge is 0.278 e. The Morgan fingerprint density at radius 2 is 2.16 bits per heavy atom. The number of ether oxygens (including phenoxy) is 1. The highest BCUT2D eigenvalue weighted by atomic mass is 28.4. The molecular weight excluding hydrogens is 340 g/mol. The number of aromatic nitrogens is 4. The largest absolute Gasteiger partial charge is 0.414 e. The quantitative estimate of drug-likeness (QED) is 0.800. The third-order valence-corrected chi connectivity index (χ3v) is 9.74. The van der Waals surface area contributed by atoms with Crippen molar-refractivity contribution >= 4 is 19.5 Å². The molecule has 25 heavy (non-hydrogen) atoms. The molecule has 2 N–H and O–H groups in total. The fourth-order valence-corrected chi connectivity index (χ4v) is 3.69. The molecule has 1 saturated heterocycles. The molecule has 9 heteroatoms. The van der Waals surface area contributed by atoms with Gasteiger partial charge in [-0.15, -0.1) is 0 Å². The second kappa shape index (κ2) is 6.31. The minimum absolute atomic E-state index is 0.120. The van der Waals surface area contributed by atoms with Crippen LogP contribution >= 0.6 is 0 Å². The predicted molar refractivity (Wildman–Crippen MR) is 95.8 cm³/mol. The van der Waals surface area contributed by atoms with Gasteiger partial charge in [-0.2, -0.15) is 0 Å². The highest BCUT2D eigenvalue weighted by molar-refractivity contribution is 6.74. The molecule has 0 amide bonds. The number of hydrogen-bond donors (Lipinski definition) is 2. The van der Waals surface area contributed by atoms with Crippen molar-refractivity contribution in [1.82, 2.24) is 19.5 Å². The molecule has 3 atom stereocenters. The van der Waals surface area contributed by atoms with Crippen molar-refractivity contribution in [2.45, 2.75) is 63.8 Å². The zero-order chi connectivity index (χ0) is 18.4. The van der Waals surface area contributed by atoms with Gasteiger partial charge in [0.1, 0.15) is 6.10 Å². The molecule has 3 rings (SSSR count). The van der Waals surface area contributed by atoms with Gasteiger partial charge in [0, 0.05) is 6.42 Å². The van der Waals surface area contributed by atoms with Gasteiger partial charge in [0.25, 0.3) is 5.56 Å². The Labute approximate surface area is 147 Å². The monoisotopic (exact) mass is 366 g/mol. The van der Waals surface area contributed by atoms with Gasteiger partial charge in [-0.1, -0.05) is 20.8 Å². The number of fused-ring (bicyclic) bond motifs is 1. The first-order valence-electron chi connectivity index (χ1n) is 8.48. The third-order valence-electron chi connectivity index (χ3n) is 5.24. The lowest BCUT2D eigenvalue weighted by molar-refractivity contribution is -0.0471. The van der Waals surface area contributed by atoms with Gasteiger partial charge in [0.2, 0.25) is 0 Å². The van der Waals surface area contributed by atoms with Gasteiger partial charge >= 0.3 is 0 Å². The molecule has 0 radical (unpaired) electrons. The van der Waals surface area contributed by atoms with E-state index in [0.29, 0.717) is 18.7 Å². The van der Waals surface area contributed by atoms with Crippen LogP contribution in [0.5, 0.6) is 0 Å². The van der Waals surface area contributed by atoms with Crippen LogP contribution in [0.15, 0.2) is 17.4 Å². The Hall–Kier alpha value is -1.55. The zero-order valence-electron chi connectivity index (χ0n) is 15.3. The maximum Gasteiger partial charge on any atom is 0.278 e. The second-order valence-corrected chi connectivity index (χ2v) is 12.9. The molecule has 1 aliphatic heterocycles. The molecule has 1 fully saturated rings. The molecule has 8 nitrogen and oxygen atoms in total. The molecule has 3 heterocycles. The van der Waals surface area contributed by atoms with Gasteiger partial charge in [-0.25, -0.2) is 9.97 Å². The molecular formula is C16H26N4O4Si. The SMILES string of the molecule is CC(C)(C)[Si](C)(C)OC[C@@H]1C[C@@H](O)[C@H](n2cnc3c(=O)[nH]cnc32)O1. The lowest BCUT2D eigenvalue weighted by Crippen LogP contribution is -2.42. The van der Waals surface area contributed by atoms with E-state index in [1.807, 2.05) is 0 Å². The normalized spacial score (nSPS) is 25.0. The summed E-state index contributed by atoms with van der Waals surface area (Å²) in [5, 5.41) is 10.5. The third kappa shape index (κ3) is 3.41. The summed E-state index contributed by atoms with van der Waals surface area (Å²) in [6, 6.07) is 0. The number of nitrogens with one attached hydrogen (secondary N) is 1.